The molecule has 1 aliphatic heterocycles. The molecule has 0 unspecified atom stereocenters. The first kappa shape index (κ1) is 18.0. The van der Waals surface area contributed by atoms with Crippen molar-refractivity contribution in [2.75, 3.05) is 18.4 Å². The lowest BCUT2D eigenvalue weighted by molar-refractivity contribution is -0.134. The molecule has 0 bridgehead atoms. The Morgan fingerprint density at radius 2 is 1.67 bits per heavy atom. The Morgan fingerprint density at radius 3 is 2.21 bits per heavy atom. The zero-order chi connectivity index (χ0) is 17.7. The van der Waals surface area contributed by atoms with E-state index in [1.54, 1.807) is 6.08 Å². The number of rotatable bonds is 4. The van der Waals surface area contributed by atoms with Gasteiger partial charge in [-0.2, -0.15) is 0 Å². The predicted molar refractivity (Wildman–Crippen MR) is 96.7 cm³/mol. The van der Waals surface area contributed by atoms with E-state index in [0.29, 0.717) is 13.1 Å². The van der Waals surface area contributed by atoms with Crippen LogP contribution in [0, 0.1) is 0 Å². The smallest absolute Gasteiger partial charge is 0.306 e. The maximum Gasteiger partial charge on any atom is 0.340 e. The fourth-order valence-corrected chi connectivity index (χ4v) is 2.95. The predicted octanol–water partition coefficient (Wildman–Crippen LogP) is 3.76. The summed E-state index contributed by atoms with van der Waals surface area (Å²) in [4.78, 5) is 25.0. The van der Waals surface area contributed by atoms with Crippen LogP contribution in [0.1, 0.15) is 45.2 Å². The Kier molecular flexibility index (Phi) is 6.01. The van der Waals surface area contributed by atoms with Crippen LogP contribution in [0.5, 0.6) is 0 Å². The summed E-state index contributed by atoms with van der Waals surface area (Å²) in [6.45, 7) is 9.04. The van der Waals surface area contributed by atoms with Crippen LogP contribution in [-0.2, 0) is 17.6 Å². The SMILES string of the molecule is CCc1cccc(CC)c1NC(=O)N1CCCN1C(=O)C=C(C)C. The van der Waals surface area contributed by atoms with Crippen LogP contribution in [0.3, 0.4) is 0 Å². The topological polar surface area (TPSA) is 52.7 Å². The molecule has 3 amide bonds. The van der Waals surface area contributed by atoms with Gasteiger partial charge in [0.2, 0.25) is 0 Å². The lowest BCUT2D eigenvalue weighted by Crippen LogP contribution is -2.46. The van der Waals surface area contributed by atoms with Crippen molar-refractivity contribution in [2.24, 2.45) is 0 Å². The van der Waals surface area contributed by atoms with Crippen molar-refractivity contribution in [1.29, 1.82) is 0 Å². The summed E-state index contributed by atoms with van der Waals surface area (Å²) in [6, 6.07) is 5.85. The standard InChI is InChI=1S/C19H27N3O2/c1-5-15-9-7-10-16(6-2)18(15)20-19(24)22-12-8-11-21(22)17(23)13-14(3)4/h7,9-10,13H,5-6,8,11-12H2,1-4H3,(H,20,24). The second-order valence-electron chi connectivity index (χ2n) is 6.25. The van der Waals surface area contributed by atoms with E-state index in [0.717, 1.165) is 41.6 Å². The van der Waals surface area contributed by atoms with Crippen molar-refractivity contribution in [1.82, 2.24) is 10.0 Å². The van der Waals surface area contributed by atoms with Crippen LogP contribution in [-0.4, -0.2) is 35.0 Å². The molecule has 24 heavy (non-hydrogen) atoms. The molecule has 0 radical (unpaired) electrons. The molecule has 1 aromatic rings. The van der Waals surface area contributed by atoms with E-state index in [1.807, 2.05) is 32.0 Å². The molecule has 1 saturated heterocycles. The van der Waals surface area contributed by atoms with Gasteiger partial charge in [-0.25, -0.2) is 14.8 Å². The average Bonchev–Trinajstić information content (AvgIpc) is 3.04. The van der Waals surface area contributed by atoms with Crippen molar-refractivity contribution in [3.8, 4) is 0 Å². The van der Waals surface area contributed by atoms with Crippen molar-refractivity contribution in [3.05, 3.63) is 41.0 Å². The summed E-state index contributed by atoms with van der Waals surface area (Å²) in [5, 5.41) is 6.09. The van der Waals surface area contributed by atoms with Crippen molar-refractivity contribution >= 4 is 17.6 Å². The van der Waals surface area contributed by atoms with Crippen molar-refractivity contribution in [3.63, 3.8) is 0 Å². The monoisotopic (exact) mass is 329 g/mol. The highest BCUT2D eigenvalue weighted by Gasteiger charge is 2.30. The van der Waals surface area contributed by atoms with Crippen LogP contribution >= 0.6 is 0 Å². The van der Waals surface area contributed by atoms with E-state index < -0.39 is 0 Å². The second-order valence-corrected chi connectivity index (χ2v) is 6.25. The number of carbonyl (C=O) groups is 2. The van der Waals surface area contributed by atoms with Crippen molar-refractivity contribution in [2.45, 2.75) is 47.0 Å². The number of carbonyl (C=O) groups excluding carboxylic acids is 2. The Labute approximate surface area is 144 Å². The number of anilines is 1. The molecule has 0 spiro atoms. The van der Waals surface area contributed by atoms with E-state index in [2.05, 4.69) is 19.2 Å². The number of amides is 3. The van der Waals surface area contributed by atoms with Gasteiger partial charge in [0.1, 0.15) is 0 Å². The Morgan fingerprint density at radius 1 is 1.08 bits per heavy atom. The Hall–Kier alpha value is -2.30. The summed E-state index contributed by atoms with van der Waals surface area (Å²) >= 11 is 0. The molecule has 2 rings (SSSR count). The molecule has 130 valence electrons. The lowest BCUT2D eigenvalue weighted by Gasteiger charge is -2.28. The third-order valence-corrected chi connectivity index (χ3v) is 4.16. The van der Waals surface area contributed by atoms with Gasteiger partial charge in [0.25, 0.3) is 5.91 Å². The maximum atomic E-state index is 12.8. The van der Waals surface area contributed by atoms with E-state index in [4.69, 9.17) is 0 Å². The van der Waals surface area contributed by atoms with Crippen LogP contribution in [0.2, 0.25) is 0 Å². The minimum atomic E-state index is -0.237. The lowest BCUT2D eigenvalue weighted by atomic mass is 10.0. The highest BCUT2D eigenvalue weighted by molar-refractivity contribution is 5.95. The first-order chi connectivity index (χ1) is 11.5. The van der Waals surface area contributed by atoms with E-state index in [9.17, 15) is 9.59 Å². The molecule has 1 aromatic carbocycles. The van der Waals surface area contributed by atoms with E-state index in [1.165, 1.54) is 10.0 Å². The number of hydrazine groups is 1. The number of para-hydroxylation sites is 1. The largest absolute Gasteiger partial charge is 0.340 e. The fourth-order valence-electron chi connectivity index (χ4n) is 2.95. The Bertz CT molecular complexity index is 626. The molecule has 0 saturated carbocycles. The average molecular weight is 329 g/mol. The number of nitrogens with zero attached hydrogens (tertiary/aromatic N) is 2. The zero-order valence-electron chi connectivity index (χ0n) is 15.1. The number of benzene rings is 1. The van der Waals surface area contributed by atoms with Gasteiger partial charge in [-0.3, -0.25) is 4.79 Å². The molecule has 0 aromatic heterocycles. The molecular weight excluding hydrogens is 302 g/mol. The van der Waals surface area contributed by atoms with Gasteiger partial charge >= 0.3 is 6.03 Å². The number of aryl methyl sites for hydroxylation is 2. The molecule has 1 N–H and O–H groups in total. The fraction of sp³-hybridized carbons (Fsp3) is 0.474. The first-order valence-corrected chi connectivity index (χ1v) is 8.63. The minimum Gasteiger partial charge on any atom is -0.306 e. The summed E-state index contributed by atoms with van der Waals surface area (Å²) in [5.41, 5.74) is 4.04. The van der Waals surface area contributed by atoms with Crippen LogP contribution in [0.25, 0.3) is 0 Å². The number of nitrogens with one attached hydrogen (secondary N) is 1. The third kappa shape index (κ3) is 3.96. The van der Waals surface area contributed by atoms with Gasteiger partial charge in [0, 0.05) is 24.9 Å². The van der Waals surface area contributed by atoms with Gasteiger partial charge in [-0.1, -0.05) is 37.6 Å². The molecule has 0 atom stereocenters. The zero-order valence-corrected chi connectivity index (χ0v) is 15.1. The number of urea groups is 1. The van der Waals surface area contributed by atoms with Crippen LogP contribution < -0.4 is 5.32 Å². The van der Waals surface area contributed by atoms with E-state index >= 15 is 0 Å². The highest BCUT2D eigenvalue weighted by Crippen LogP contribution is 2.24. The quantitative estimate of drug-likeness (QED) is 0.855. The van der Waals surface area contributed by atoms with Gasteiger partial charge < -0.3 is 5.32 Å². The van der Waals surface area contributed by atoms with Gasteiger partial charge in [-0.15, -0.1) is 0 Å². The third-order valence-electron chi connectivity index (χ3n) is 4.16. The molecular formula is C19H27N3O2. The summed E-state index contributed by atoms with van der Waals surface area (Å²) in [7, 11) is 0. The normalized spacial score (nSPS) is 13.8. The van der Waals surface area contributed by atoms with E-state index in [-0.39, 0.29) is 11.9 Å². The van der Waals surface area contributed by atoms with Gasteiger partial charge in [-0.05, 0) is 44.2 Å². The number of hydrogen-bond acceptors (Lipinski definition) is 2. The second kappa shape index (κ2) is 7.99. The van der Waals surface area contributed by atoms with Gasteiger partial charge in [0.15, 0.2) is 0 Å². The maximum absolute atomic E-state index is 12.8. The molecule has 5 heteroatoms. The molecule has 5 nitrogen and oxygen atoms in total. The summed E-state index contributed by atoms with van der Waals surface area (Å²) in [6.07, 6.45) is 4.07. The first-order valence-electron chi connectivity index (χ1n) is 8.63. The molecule has 1 heterocycles. The number of hydrogen-bond donors (Lipinski definition) is 1. The highest BCUT2D eigenvalue weighted by atomic mass is 16.2. The Balaban J connectivity index is 2.20. The van der Waals surface area contributed by atoms with Crippen molar-refractivity contribution < 1.29 is 9.59 Å². The minimum absolute atomic E-state index is 0.137. The molecule has 0 aliphatic carbocycles. The van der Waals surface area contributed by atoms with Gasteiger partial charge in [0.05, 0.1) is 0 Å². The molecule has 1 fully saturated rings. The molecule has 1 aliphatic rings. The number of allylic oxidation sites excluding steroid dienone is 1. The van der Waals surface area contributed by atoms with Crippen LogP contribution in [0.4, 0.5) is 10.5 Å². The van der Waals surface area contributed by atoms with Crippen LogP contribution in [0.15, 0.2) is 29.8 Å². The summed E-state index contributed by atoms with van der Waals surface area (Å²) in [5.74, 6) is -0.137. The summed E-state index contributed by atoms with van der Waals surface area (Å²) < 4.78 is 0.